The fraction of sp³-hybridized carbons (Fsp3) is 0.458. The van der Waals surface area contributed by atoms with Crippen LogP contribution in [0.15, 0.2) is 60.7 Å². The first-order valence-corrected chi connectivity index (χ1v) is 10.2. The van der Waals surface area contributed by atoms with Gasteiger partial charge in [-0.3, -0.25) is 9.69 Å². The molecular weight excluding hydrogens is 370 g/mol. The molecule has 1 heterocycles. The molecule has 1 aliphatic carbocycles. The Labute approximate surface area is 174 Å². The summed E-state index contributed by atoms with van der Waals surface area (Å²) in [6, 6.07) is 20.8. The van der Waals surface area contributed by atoms with Gasteiger partial charge in [0, 0.05) is 12.0 Å². The van der Waals surface area contributed by atoms with Crippen molar-refractivity contribution in [3.63, 3.8) is 0 Å². The second-order valence-electron chi connectivity index (χ2n) is 8.15. The number of piperidine rings is 1. The van der Waals surface area contributed by atoms with Gasteiger partial charge in [-0.15, -0.1) is 12.4 Å². The Kier molecular flexibility index (Phi) is 6.79. The Morgan fingerprint density at radius 1 is 1.00 bits per heavy atom. The number of hydrogen-bond acceptors (Lipinski definition) is 3. The maximum atomic E-state index is 12.8. The first-order valence-electron chi connectivity index (χ1n) is 10.2. The topological polar surface area (TPSA) is 29.5 Å². The summed E-state index contributed by atoms with van der Waals surface area (Å²) in [5.41, 5.74) is 2.20. The van der Waals surface area contributed by atoms with E-state index in [0.29, 0.717) is 6.61 Å². The number of esters is 1. The van der Waals surface area contributed by atoms with E-state index in [1.807, 2.05) is 12.1 Å². The molecule has 3 nitrogen and oxygen atoms in total. The molecule has 0 radical (unpaired) electrons. The SMILES string of the molecule is CC1CCN(CCOC(=O)C2CC2(c2ccccc2)c2ccccc2)CC1.Cl. The summed E-state index contributed by atoms with van der Waals surface area (Å²) in [4.78, 5) is 15.2. The van der Waals surface area contributed by atoms with Crippen LogP contribution >= 0.6 is 12.4 Å². The van der Waals surface area contributed by atoms with E-state index >= 15 is 0 Å². The molecule has 0 amide bonds. The summed E-state index contributed by atoms with van der Waals surface area (Å²) in [5, 5.41) is 0. The van der Waals surface area contributed by atoms with Crippen LogP contribution in [-0.2, 0) is 14.9 Å². The molecule has 2 aliphatic rings. The van der Waals surface area contributed by atoms with Gasteiger partial charge >= 0.3 is 5.97 Å². The summed E-state index contributed by atoms with van der Waals surface area (Å²) < 4.78 is 5.71. The van der Waals surface area contributed by atoms with E-state index in [9.17, 15) is 4.79 Å². The summed E-state index contributed by atoms with van der Waals surface area (Å²) in [5.74, 6) is 0.699. The van der Waals surface area contributed by atoms with Crippen molar-refractivity contribution in [1.29, 1.82) is 0 Å². The molecule has 1 unspecified atom stereocenters. The number of ether oxygens (including phenoxy) is 1. The zero-order chi connectivity index (χ0) is 18.7. The Bertz CT molecular complexity index is 717. The zero-order valence-electron chi connectivity index (χ0n) is 16.5. The molecule has 0 bridgehead atoms. The van der Waals surface area contributed by atoms with Gasteiger partial charge in [-0.25, -0.2) is 0 Å². The molecule has 4 heteroatoms. The zero-order valence-corrected chi connectivity index (χ0v) is 17.4. The highest BCUT2D eigenvalue weighted by Crippen LogP contribution is 2.59. The summed E-state index contributed by atoms with van der Waals surface area (Å²) in [6.45, 7) is 5.93. The molecule has 2 aromatic carbocycles. The number of likely N-dealkylation sites (tertiary alicyclic amines) is 1. The second-order valence-corrected chi connectivity index (χ2v) is 8.15. The van der Waals surface area contributed by atoms with E-state index < -0.39 is 0 Å². The molecule has 1 saturated heterocycles. The maximum absolute atomic E-state index is 12.8. The molecule has 28 heavy (non-hydrogen) atoms. The van der Waals surface area contributed by atoms with Crippen LogP contribution in [0.4, 0.5) is 0 Å². The molecule has 1 saturated carbocycles. The molecule has 0 aromatic heterocycles. The van der Waals surface area contributed by atoms with Gasteiger partial charge in [0.1, 0.15) is 6.61 Å². The lowest BCUT2D eigenvalue weighted by molar-refractivity contribution is -0.146. The second kappa shape index (κ2) is 9.11. The van der Waals surface area contributed by atoms with E-state index in [1.165, 1.54) is 24.0 Å². The number of carbonyl (C=O) groups excluding carboxylic acids is 1. The minimum Gasteiger partial charge on any atom is -0.464 e. The number of carbonyl (C=O) groups is 1. The van der Waals surface area contributed by atoms with Crippen LogP contribution < -0.4 is 0 Å². The van der Waals surface area contributed by atoms with Gasteiger partial charge in [-0.1, -0.05) is 67.6 Å². The van der Waals surface area contributed by atoms with E-state index in [0.717, 1.165) is 32.0 Å². The van der Waals surface area contributed by atoms with E-state index in [-0.39, 0.29) is 29.7 Å². The molecule has 0 N–H and O–H groups in total. The van der Waals surface area contributed by atoms with E-state index in [1.54, 1.807) is 0 Å². The Morgan fingerprint density at radius 2 is 1.54 bits per heavy atom. The average Bonchev–Trinajstić information content (AvgIpc) is 3.48. The quantitative estimate of drug-likeness (QED) is 0.660. The predicted molar refractivity (Wildman–Crippen MR) is 115 cm³/mol. The minimum atomic E-state index is -0.222. The molecule has 2 aromatic rings. The van der Waals surface area contributed by atoms with Gasteiger partial charge in [-0.2, -0.15) is 0 Å². The van der Waals surface area contributed by atoms with Crippen molar-refractivity contribution in [2.24, 2.45) is 11.8 Å². The number of rotatable bonds is 6. The molecule has 2 fully saturated rings. The van der Waals surface area contributed by atoms with E-state index in [2.05, 4.69) is 60.4 Å². The first kappa shape index (κ1) is 20.9. The van der Waals surface area contributed by atoms with Crippen LogP contribution in [0.25, 0.3) is 0 Å². The third-order valence-corrected chi connectivity index (χ3v) is 6.35. The van der Waals surface area contributed by atoms with Crippen LogP contribution in [0.1, 0.15) is 37.3 Å². The Morgan fingerprint density at radius 3 is 2.07 bits per heavy atom. The molecular formula is C24H30ClNO2. The minimum absolute atomic E-state index is 0. The van der Waals surface area contributed by atoms with Crippen molar-refractivity contribution < 1.29 is 9.53 Å². The van der Waals surface area contributed by atoms with Crippen LogP contribution in [0, 0.1) is 11.8 Å². The Hall–Kier alpha value is -1.84. The van der Waals surface area contributed by atoms with Crippen molar-refractivity contribution >= 4 is 18.4 Å². The lowest BCUT2D eigenvalue weighted by Crippen LogP contribution is -2.35. The van der Waals surface area contributed by atoms with Crippen LogP contribution in [0.2, 0.25) is 0 Å². The summed E-state index contributed by atoms with van der Waals surface area (Å²) in [6.07, 6.45) is 3.34. The molecule has 0 spiro atoms. The van der Waals surface area contributed by atoms with E-state index in [4.69, 9.17) is 4.74 Å². The fourth-order valence-electron chi connectivity index (χ4n) is 4.49. The standard InChI is InChI=1S/C24H29NO2.ClH/c1-19-12-14-25(15-13-19)16-17-27-23(26)22-18-24(22,20-8-4-2-5-9-20)21-10-6-3-7-11-21;/h2-11,19,22H,12-18H2,1H3;1H. The van der Waals surface area contributed by atoms with Crippen molar-refractivity contribution in [1.82, 2.24) is 4.90 Å². The van der Waals surface area contributed by atoms with Crippen LogP contribution in [0.5, 0.6) is 0 Å². The molecule has 150 valence electrons. The number of halogens is 1. The van der Waals surface area contributed by atoms with Gasteiger partial charge in [0.05, 0.1) is 5.92 Å². The lowest BCUT2D eigenvalue weighted by atomic mass is 9.86. The van der Waals surface area contributed by atoms with Gasteiger partial charge < -0.3 is 4.74 Å². The number of benzene rings is 2. The summed E-state index contributed by atoms with van der Waals surface area (Å²) >= 11 is 0. The first-order chi connectivity index (χ1) is 13.2. The third-order valence-electron chi connectivity index (χ3n) is 6.35. The van der Waals surface area contributed by atoms with Crippen molar-refractivity contribution in [2.75, 3.05) is 26.2 Å². The van der Waals surface area contributed by atoms with Crippen molar-refractivity contribution in [3.05, 3.63) is 71.8 Å². The predicted octanol–water partition coefficient (Wildman–Crippen LogP) is 4.69. The lowest BCUT2D eigenvalue weighted by Gasteiger charge is -2.29. The molecule has 1 aliphatic heterocycles. The highest BCUT2D eigenvalue weighted by atomic mass is 35.5. The van der Waals surface area contributed by atoms with Crippen LogP contribution in [-0.4, -0.2) is 37.1 Å². The molecule has 4 rings (SSSR count). The van der Waals surface area contributed by atoms with Crippen LogP contribution in [0.3, 0.4) is 0 Å². The fourth-order valence-corrected chi connectivity index (χ4v) is 4.49. The van der Waals surface area contributed by atoms with Gasteiger partial charge in [0.2, 0.25) is 0 Å². The highest BCUT2D eigenvalue weighted by Gasteiger charge is 2.61. The average molecular weight is 400 g/mol. The maximum Gasteiger partial charge on any atom is 0.310 e. The Balaban J connectivity index is 0.00000225. The smallest absolute Gasteiger partial charge is 0.310 e. The summed E-state index contributed by atoms with van der Waals surface area (Å²) in [7, 11) is 0. The van der Waals surface area contributed by atoms with Gasteiger partial charge in [0.15, 0.2) is 0 Å². The normalized spacial score (nSPS) is 21.5. The number of nitrogens with zero attached hydrogens (tertiary/aromatic N) is 1. The highest BCUT2D eigenvalue weighted by molar-refractivity contribution is 5.85. The molecule has 1 atom stereocenters. The largest absolute Gasteiger partial charge is 0.464 e. The number of hydrogen-bond donors (Lipinski definition) is 0. The van der Waals surface area contributed by atoms with Crippen molar-refractivity contribution in [3.8, 4) is 0 Å². The van der Waals surface area contributed by atoms with Gasteiger partial charge in [0.25, 0.3) is 0 Å². The van der Waals surface area contributed by atoms with Crippen molar-refractivity contribution in [2.45, 2.75) is 31.6 Å². The third kappa shape index (κ3) is 4.26. The monoisotopic (exact) mass is 399 g/mol. The van der Waals surface area contributed by atoms with Gasteiger partial charge in [-0.05, 0) is 49.4 Å².